The summed E-state index contributed by atoms with van der Waals surface area (Å²) >= 11 is 0. The van der Waals surface area contributed by atoms with E-state index < -0.39 is 11.7 Å². The number of aromatic nitrogens is 3. The molecular weight excluding hydrogens is 454 g/mol. The molecule has 1 aliphatic carbocycles. The van der Waals surface area contributed by atoms with Gasteiger partial charge >= 0.3 is 0 Å². The fraction of sp³-hybridized carbons (Fsp3) is 0.409. The van der Waals surface area contributed by atoms with Crippen LogP contribution >= 0.6 is 24.8 Å². The van der Waals surface area contributed by atoms with Crippen LogP contribution in [0.4, 0.5) is 10.2 Å². The number of hydrogen-bond donors (Lipinski definition) is 2. The van der Waals surface area contributed by atoms with Gasteiger partial charge < -0.3 is 15.5 Å². The lowest BCUT2D eigenvalue weighted by molar-refractivity contribution is 0.0930. The summed E-state index contributed by atoms with van der Waals surface area (Å²) < 4.78 is 16.5. The number of fused-ring (bicyclic) bond motifs is 1. The second kappa shape index (κ2) is 10.9. The van der Waals surface area contributed by atoms with Gasteiger partial charge in [0.1, 0.15) is 11.6 Å². The molecule has 2 heterocycles. The van der Waals surface area contributed by atoms with Crippen molar-refractivity contribution in [3.05, 3.63) is 47.9 Å². The van der Waals surface area contributed by atoms with E-state index in [-0.39, 0.29) is 36.4 Å². The smallest absolute Gasteiger partial charge is 0.254 e. The fourth-order valence-corrected chi connectivity index (χ4v) is 3.49. The van der Waals surface area contributed by atoms with Gasteiger partial charge in [-0.1, -0.05) is 6.07 Å². The maximum absolute atomic E-state index is 14.8. The van der Waals surface area contributed by atoms with Crippen LogP contribution in [-0.4, -0.2) is 58.6 Å². The first-order chi connectivity index (χ1) is 14.4. The molecule has 0 bridgehead atoms. The maximum atomic E-state index is 14.8. The molecule has 2 N–H and O–H groups in total. The van der Waals surface area contributed by atoms with Crippen LogP contribution in [0.25, 0.3) is 16.9 Å². The monoisotopic (exact) mass is 482 g/mol. The van der Waals surface area contributed by atoms with Crippen LogP contribution in [0.2, 0.25) is 0 Å². The number of nitrogens with one attached hydrogen (secondary N) is 2. The molecule has 3 aromatic rings. The Balaban J connectivity index is 0.00000181. The van der Waals surface area contributed by atoms with Crippen molar-refractivity contribution in [3.8, 4) is 11.3 Å². The Morgan fingerprint density at radius 1 is 1.25 bits per heavy atom. The number of halogens is 3. The first-order valence-electron chi connectivity index (χ1n) is 10.2. The molecular formula is C22H29Cl2FN6O. The zero-order chi connectivity index (χ0) is 21.3. The second-order valence-electron chi connectivity index (χ2n) is 8.29. The number of benzene rings is 1. The highest BCUT2D eigenvalue weighted by Gasteiger charge is 2.21. The summed E-state index contributed by atoms with van der Waals surface area (Å²) in [5.74, 6) is 0.509. The van der Waals surface area contributed by atoms with E-state index in [1.165, 1.54) is 25.0 Å². The van der Waals surface area contributed by atoms with E-state index in [2.05, 4.69) is 20.7 Å². The van der Waals surface area contributed by atoms with Crippen LogP contribution < -0.4 is 10.6 Å². The van der Waals surface area contributed by atoms with Crippen LogP contribution in [0.15, 0.2) is 36.5 Å². The lowest BCUT2D eigenvalue weighted by atomic mass is 10.1. The Hall–Kier alpha value is -2.42. The van der Waals surface area contributed by atoms with Crippen molar-refractivity contribution in [1.29, 1.82) is 0 Å². The second-order valence-corrected chi connectivity index (χ2v) is 8.29. The van der Waals surface area contributed by atoms with E-state index in [0.717, 1.165) is 18.3 Å². The van der Waals surface area contributed by atoms with Gasteiger partial charge in [-0.3, -0.25) is 4.79 Å². The van der Waals surface area contributed by atoms with Gasteiger partial charge in [0.05, 0.1) is 17.5 Å². The summed E-state index contributed by atoms with van der Waals surface area (Å²) in [6.07, 6.45) is 4.19. The molecule has 1 fully saturated rings. The average molecular weight is 483 g/mol. The van der Waals surface area contributed by atoms with Crippen molar-refractivity contribution in [3.63, 3.8) is 0 Å². The summed E-state index contributed by atoms with van der Waals surface area (Å²) in [7, 11) is 3.85. The molecule has 0 spiro atoms. The topological polar surface area (TPSA) is 74.6 Å². The SMILES string of the molecule is CC(CN(C)C)NC(=O)c1ccc(-c2cnc3ccc(NCC4CC4)nn23)cc1F.Cl.Cl. The molecule has 1 aromatic carbocycles. The number of carbonyl (C=O) groups is 1. The van der Waals surface area contributed by atoms with Crippen LogP contribution in [0.5, 0.6) is 0 Å². The number of imidazole rings is 1. The minimum absolute atomic E-state index is 0. The molecule has 0 radical (unpaired) electrons. The van der Waals surface area contributed by atoms with E-state index in [4.69, 9.17) is 0 Å². The highest BCUT2D eigenvalue weighted by atomic mass is 35.5. The van der Waals surface area contributed by atoms with Crippen molar-refractivity contribution >= 4 is 42.2 Å². The third kappa shape index (κ3) is 6.09. The highest BCUT2D eigenvalue weighted by Crippen LogP contribution is 2.29. The van der Waals surface area contributed by atoms with E-state index in [1.807, 2.05) is 38.1 Å². The standard InChI is InChI=1S/C22H27FN6O.2ClH/c1-14(13-28(2)3)26-22(30)17-7-6-16(10-18(17)23)19-12-25-21-9-8-20(27-29(19)21)24-11-15-4-5-15;;/h6-10,12,14-15H,4-5,11,13H2,1-3H3,(H,24,27)(H,26,30);2*1H. The normalized spacial score (nSPS) is 13.9. The number of carbonyl (C=O) groups excluding carboxylic acids is 1. The van der Waals surface area contributed by atoms with Crippen LogP contribution in [-0.2, 0) is 0 Å². The lowest BCUT2D eigenvalue weighted by Crippen LogP contribution is -2.39. The average Bonchev–Trinajstić information content (AvgIpc) is 3.42. The maximum Gasteiger partial charge on any atom is 0.254 e. The van der Waals surface area contributed by atoms with E-state index >= 15 is 0 Å². The van der Waals surface area contributed by atoms with Gasteiger partial charge in [0.15, 0.2) is 5.65 Å². The lowest BCUT2D eigenvalue weighted by Gasteiger charge is -2.18. The summed E-state index contributed by atoms with van der Waals surface area (Å²) in [5.41, 5.74) is 2.00. The van der Waals surface area contributed by atoms with Gasteiger partial charge in [-0.25, -0.2) is 13.9 Å². The van der Waals surface area contributed by atoms with Crippen molar-refractivity contribution in [1.82, 2.24) is 24.8 Å². The largest absolute Gasteiger partial charge is 0.368 e. The van der Waals surface area contributed by atoms with Gasteiger partial charge in [0, 0.05) is 24.7 Å². The van der Waals surface area contributed by atoms with Gasteiger partial charge in [0.2, 0.25) is 0 Å². The Labute approximate surface area is 199 Å². The molecule has 10 heteroatoms. The minimum atomic E-state index is -0.569. The number of hydrogen-bond acceptors (Lipinski definition) is 5. The summed E-state index contributed by atoms with van der Waals surface area (Å²) in [5, 5.41) is 10.8. The molecule has 2 aromatic heterocycles. The molecule has 7 nitrogen and oxygen atoms in total. The number of nitrogens with zero attached hydrogens (tertiary/aromatic N) is 4. The quantitative estimate of drug-likeness (QED) is 0.509. The summed E-state index contributed by atoms with van der Waals surface area (Å²) in [4.78, 5) is 18.8. The van der Waals surface area contributed by atoms with Crippen molar-refractivity contribution in [2.75, 3.05) is 32.5 Å². The van der Waals surface area contributed by atoms with Gasteiger partial charge in [-0.05, 0) is 64.0 Å². The van der Waals surface area contributed by atoms with E-state index in [1.54, 1.807) is 16.8 Å². The fourth-order valence-electron chi connectivity index (χ4n) is 3.49. The number of likely N-dealkylation sites (N-methyl/N-ethyl adjacent to an activating group) is 1. The van der Waals surface area contributed by atoms with E-state index in [0.29, 0.717) is 23.4 Å². The Morgan fingerprint density at radius 2 is 2.00 bits per heavy atom. The predicted molar refractivity (Wildman–Crippen MR) is 130 cm³/mol. The van der Waals surface area contributed by atoms with Crippen LogP contribution in [0.1, 0.15) is 30.1 Å². The number of amides is 1. The molecule has 1 atom stereocenters. The molecule has 32 heavy (non-hydrogen) atoms. The molecule has 1 saturated carbocycles. The number of rotatable bonds is 8. The van der Waals surface area contributed by atoms with Gasteiger partial charge in [-0.2, -0.15) is 0 Å². The first-order valence-corrected chi connectivity index (χ1v) is 10.2. The molecule has 174 valence electrons. The Bertz CT molecular complexity index is 1070. The third-order valence-electron chi connectivity index (χ3n) is 5.16. The molecule has 1 aliphatic rings. The summed E-state index contributed by atoms with van der Waals surface area (Å²) in [6.45, 7) is 3.48. The van der Waals surface area contributed by atoms with Crippen LogP contribution in [0, 0.1) is 11.7 Å². The van der Waals surface area contributed by atoms with E-state index in [9.17, 15) is 9.18 Å². The first kappa shape index (κ1) is 25.8. The van der Waals surface area contributed by atoms with Gasteiger partial charge in [0.25, 0.3) is 5.91 Å². The highest BCUT2D eigenvalue weighted by molar-refractivity contribution is 5.95. The molecule has 4 rings (SSSR count). The Kier molecular flexibility index (Phi) is 8.83. The van der Waals surface area contributed by atoms with Crippen LogP contribution in [0.3, 0.4) is 0 Å². The molecule has 1 unspecified atom stereocenters. The zero-order valence-corrected chi connectivity index (χ0v) is 20.0. The number of anilines is 1. The van der Waals surface area contributed by atoms with Gasteiger partial charge in [-0.15, -0.1) is 29.9 Å². The summed E-state index contributed by atoms with van der Waals surface area (Å²) in [6, 6.07) is 8.30. The van der Waals surface area contributed by atoms with Crippen molar-refractivity contribution in [2.45, 2.75) is 25.8 Å². The zero-order valence-electron chi connectivity index (χ0n) is 18.3. The molecule has 0 aliphatic heterocycles. The molecule has 0 saturated heterocycles. The van der Waals surface area contributed by atoms with Crippen molar-refractivity contribution < 1.29 is 9.18 Å². The van der Waals surface area contributed by atoms with Crippen molar-refractivity contribution in [2.24, 2.45) is 5.92 Å². The Morgan fingerprint density at radius 3 is 2.66 bits per heavy atom. The molecule has 1 amide bonds. The predicted octanol–water partition coefficient (Wildman–Crippen LogP) is 3.88. The third-order valence-corrected chi connectivity index (χ3v) is 5.16. The minimum Gasteiger partial charge on any atom is -0.368 e.